The van der Waals surface area contributed by atoms with Crippen molar-refractivity contribution in [1.82, 2.24) is 5.32 Å². The molecule has 128 valence electrons. The minimum Gasteiger partial charge on any atom is -0.445 e. The Labute approximate surface area is 140 Å². The van der Waals surface area contributed by atoms with Crippen molar-refractivity contribution < 1.29 is 19.7 Å². The Balaban J connectivity index is 1.76. The standard InChI is InChI=1S/C18H22N2O4/c19-10-13-6-8-15(9-7-13)17(22)16(21)11-20-18(23)24-12-14-4-2-1-3-5-14/h1-9,16-17,21-22H,10-12,19H2,(H,20,23). The zero-order valence-electron chi connectivity index (χ0n) is 13.3. The number of carbonyl (C=O) groups is 1. The van der Waals surface area contributed by atoms with Crippen molar-refractivity contribution in [3.05, 3.63) is 71.3 Å². The van der Waals surface area contributed by atoms with Crippen molar-refractivity contribution in [1.29, 1.82) is 0 Å². The molecule has 2 aromatic rings. The number of rotatable bonds is 7. The smallest absolute Gasteiger partial charge is 0.407 e. The van der Waals surface area contributed by atoms with Gasteiger partial charge in [-0.2, -0.15) is 0 Å². The fourth-order valence-electron chi connectivity index (χ4n) is 2.15. The van der Waals surface area contributed by atoms with Gasteiger partial charge in [-0.05, 0) is 16.7 Å². The van der Waals surface area contributed by atoms with Crippen LogP contribution in [0.3, 0.4) is 0 Å². The lowest BCUT2D eigenvalue weighted by Gasteiger charge is -2.19. The summed E-state index contributed by atoms with van der Waals surface area (Å²) < 4.78 is 5.04. The highest BCUT2D eigenvalue weighted by Gasteiger charge is 2.19. The highest BCUT2D eigenvalue weighted by Crippen LogP contribution is 2.17. The lowest BCUT2D eigenvalue weighted by atomic mass is 10.0. The van der Waals surface area contributed by atoms with Crippen LogP contribution in [0.5, 0.6) is 0 Å². The van der Waals surface area contributed by atoms with Crippen LogP contribution in [0.15, 0.2) is 54.6 Å². The molecule has 0 heterocycles. The van der Waals surface area contributed by atoms with E-state index in [4.69, 9.17) is 10.5 Å². The highest BCUT2D eigenvalue weighted by molar-refractivity contribution is 5.67. The molecule has 2 rings (SSSR count). The number of nitrogens with one attached hydrogen (secondary N) is 1. The molecule has 2 aromatic carbocycles. The number of hydrogen-bond acceptors (Lipinski definition) is 5. The second-order valence-corrected chi connectivity index (χ2v) is 5.40. The van der Waals surface area contributed by atoms with E-state index >= 15 is 0 Å². The first kappa shape index (κ1) is 17.9. The Morgan fingerprint density at radius 2 is 1.71 bits per heavy atom. The van der Waals surface area contributed by atoms with E-state index in [1.54, 1.807) is 24.3 Å². The average molecular weight is 330 g/mol. The summed E-state index contributed by atoms with van der Waals surface area (Å²) in [6, 6.07) is 16.2. The quantitative estimate of drug-likeness (QED) is 0.615. The van der Waals surface area contributed by atoms with Crippen molar-refractivity contribution in [2.45, 2.75) is 25.4 Å². The van der Waals surface area contributed by atoms with Gasteiger partial charge in [0.25, 0.3) is 0 Å². The average Bonchev–Trinajstić information content (AvgIpc) is 2.64. The fourth-order valence-corrected chi connectivity index (χ4v) is 2.15. The Morgan fingerprint density at radius 1 is 1.04 bits per heavy atom. The fraction of sp³-hybridized carbons (Fsp3) is 0.278. The molecule has 6 heteroatoms. The summed E-state index contributed by atoms with van der Waals surface area (Å²) in [5.74, 6) is 0. The number of amides is 1. The Kier molecular flexibility index (Phi) is 6.74. The first-order valence-electron chi connectivity index (χ1n) is 7.69. The number of alkyl carbamates (subject to hydrolysis) is 1. The van der Waals surface area contributed by atoms with E-state index in [-0.39, 0.29) is 13.2 Å². The monoisotopic (exact) mass is 330 g/mol. The van der Waals surface area contributed by atoms with Crippen molar-refractivity contribution in [3.8, 4) is 0 Å². The molecule has 0 spiro atoms. The molecule has 2 unspecified atom stereocenters. The maximum absolute atomic E-state index is 11.6. The number of aliphatic hydroxyl groups is 2. The Morgan fingerprint density at radius 3 is 2.33 bits per heavy atom. The molecule has 2 atom stereocenters. The molecular formula is C18H22N2O4. The van der Waals surface area contributed by atoms with E-state index in [2.05, 4.69) is 5.32 Å². The van der Waals surface area contributed by atoms with Crippen LogP contribution < -0.4 is 11.1 Å². The van der Waals surface area contributed by atoms with Gasteiger partial charge in [-0.1, -0.05) is 54.6 Å². The summed E-state index contributed by atoms with van der Waals surface area (Å²) in [6.07, 6.45) is -2.90. The van der Waals surface area contributed by atoms with Crippen molar-refractivity contribution in [3.63, 3.8) is 0 Å². The van der Waals surface area contributed by atoms with Gasteiger partial charge < -0.3 is 26.0 Å². The second-order valence-electron chi connectivity index (χ2n) is 5.40. The molecule has 0 aliphatic carbocycles. The van der Waals surface area contributed by atoms with Crippen LogP contribution >= 0.6 is 0 Å². The molecule has 6 nitrogen and oxygen atoms in total. The largest absolute Gasteiger partial charge is 0.445 e. The SMILES string of the molecule is NCc1ccc(C(O)C(O)CNC(=O)OCc2ccccc2)cc1. The van der Waals surface area contributed by atoms with E-state index in [0.29, 0.717) is 12.1 Å². The third kappa shape index (κ3) is 5.34. The number of aliphatic hydroxyl groups excluding tert-OH is 2. The van der Waals surface area contributed by atoms with E-state index in [1.807, 2.05) is 30.3 Å². The van der Waals surface area contributed by atoms with E-state index in [1.165, 1.54) is 0 Å². The second kappa shape index (κ2) is 9.02. The van der Waals surface area contributed by atoms with Crippen molar-refractivity contribution in [2.75, 3.05) is 6.54 Å². The van der Waals surface area contributed by atoms with Crippen LogP contribution in [-0.4, -0.2) is 29.0 Å². The third-order valence-corrected chi connectivity index (χ3v) is 3.59. The van der Waals surface area contributed by atoms with Crippen LogP contribution in [0.25, 0.3) is 0 Å². The lowest BCUT2D eigenvalue weighted by Crippen LogP contribution is -2.35. The summed E-state index contributed by atoms with van der Waals surface area (Å²) in [4.78, 5) is 11.6. The first-order valence-corrected chi connectivity index (χ1v) is 7.69. The van der Waals surface area contributed by atoms with Crippen LogP contribution in [0.2, 0.25) is 0 Å². The number of nitrogens with two attached hydrogens (primary N) is 1. The van der Waals surface area contributed by atoms with E-state index < -0.39 is 18.3 Å². The molecule has 0 saturated carbocycles. The van der Waals surface area contributed by atoms with Gasteiger partial charge in [0.15, 0.2) is 0 Å². The van der Waals surface area contributed by atoms with Crippen LogP contribution in [-0.2, 0) is 17.9 Å². The summed E-state index contributed by atoms with van der Waals surface area (Å²) in [6.45, 7) is 0.438. The van der Waals surface area contributed by atoms with Crippen molar-refractivity contribution >= 4 is 6.09 Å². The molecule has 0 saturated heterocycles. The molecule has 0 aromatic heterocycles. The predicted molar refractivity (Wildman–Crippen MR) is 89.9 cm³/mol. The molecule has 0 bridgehead atoms. The molecule has 0 aliphatic heterocycles. The topological polar surface area (TPSA) is 105 Å². The molecule has 24 heavy (non-hydrogen) atoms. The van der Waals surface area contributed by atoms with Gasteiger partial charge in [-0.25, -0.2) is 4.79 Å². The predicted octanol–water partition coefficient (Wildman–Crippen LogP) is 1.47. The summed E-state index contributed by atoms with van der Waals surface area (Å²) in [7, 11) is 0. The Bertz CT molecular complexity index is 631. The van der Waals surface area contributed by atoms with E-state index in [0.717, 1.165) is 11.1 Å². The van der Waals surface area contributed by atoms with Gasteiger partial charge in [0.1, 0.15) is 18.8 Å². The van der Waals surface area contributed by atoms with Gasteiger partial charge in [0, 0.05) is 13.1 Å². The number of ether oxygens (including phenoxy) is 1. The Hall–Kier alpha value is -2.41. The summed E-state index contributed by atoms with van der Waals surface area (Å²) in [5, 5.41) is 22.5. The third-order valence-electron chi connectivity index (χ3n) is 3.59. The van der Waals surface area contributed by atoms with Gasteiger partial charge in [-0.3, -0.25) is 0 Å². The molecule has 0 aliphatic rings. The van der Waals surface area contributed by atoms with Crippen LogP contribution in [0.4, 0.5) is 4.79 Å². The van der Waals surface area contributed by atoms with Gasteiger partial charge in [-0.15, -0.1) is 0 Å². The number of hydrogen-bond donors (Lipinski definition) is 4. The first-order chi connectivity index (χ1) is 11.6. The van der Waals surface area contributed by atoms with Gasteiger partial charge in [0.05, 0.1) is 0 Å². The molecule has 1 amide bonds. The lowest BCUT2D eigenvalue weighted by molar-refractivity contribution is 0.0184. The number of benzene rings is 2. The normalized spacial score (nSPS) is 13.1. The highest BCUT2D eigenvalue weighted by atomic mass is 16.5. The summed E-state index contributed by atoms with van der Waals surface area (Å²) in [5.41, 5.74) is 7.87. The molecule has 0 fully saturated rings. The van der Waals surface area contributed by atoms with E-state index in [9.17, 15) is 15.0 Å². The maximum Gasteiger partial charge on any atom is 0.407 e. The molecular weight excluding hydrogens is 308 g/mol. The minimum absolute atomic E-state index is 0.118. The zero-order valence-corrected chi connectivity index (χ0v) is 13.3. The zero-order chi connectivity index (χ0) is 17.4. The van der Waals surface area contributed by atoms with Crippen molar-refractivity contribution in [2.24, 2.45) is 5.73 Å². The summed E-state index contributed by atoms with van der Waals surface area (Å²) >= 11 is 0. The van der Waals surface area contributed by atoms with Crippen LogP contribution in [0.1, 0.15) is 22.8 Å². The van der Waals surface area contributed by atoms with Crippen LogP contribution in [0, 0.1) is 0 Å². The van der Waals surface area contributed by atoms with Gasteiger partial charge >= 0.3 is 6.09 Å². The maximum atomic E-state index is 11.6. The van der Waals surface area contributed by atoms with Gasteiger partial charge in [0.2, 0.25) is 0 Å². The number of carbonyl (C=O) groups excluding carboxylic acids is 1. The minimum atomic E-state index is -1.14. The molecule has 5 N–H and O–H groups in total. The molecule has 0 radical (unpaired) electrons.